The highest BCUT2D eigenvalue weighted by atomic mass is 14.6. The Morgan fingerprint density at radius 1 is 1.00 bits per heavy atom. The molecule has 0 radical (unpaired) electrons. The Hall–Kier alpha value is -1.63. The van der Waals surface area contributed by atoms with E-state index in [0.29, 0.717) is 0 Å². The molecule has 0 amide bonds. The summed E-state index contributed by atoms with van der Waals surface area (Å²) in [5, 5.41) is 0. The zero-order chi connectivity index (χ0) is 10.9. The van der Waals surface area contributed by atoms with Crippen LogP contribution in [0.25, 0.3) is 0 Å². The van der Waals surface area contributed by atoms with Gasteiger partial charge >= 0.3 is 0 Å². The highest BCUT2D eigenvalue weighted by molar-refractivity contribution is 5.13. The van der Waals surface area contributed by atoms with E-state index in [4.69, 9.17) is 0 Å². The average Bonchev–Trinajstić information content (AvgIpc) is 2.32. The Labute approximate surface area is 91.8 Å². The molecule has 0 spiro atoms. The van der Waals surface area contributed by atoms with Crippen molar-refractivity contribution >= 4 is 0 Å². The van der Waals surface area contributed by atoms with Crippen molar-refractivity contribution in [3.63, 3.8) is 0 Å². The van der Waals surface area contributed by atoms with Crippen LogP contribution in [0.4, 0.5) is 0 Å². The molecule has 1 heteroatoms. The van der Waals surface area contributed by atoms with E-state index in [-0.39, 0.29) is 0 Å². The van der Waals surface area contributed by atoms with Crippen molar-refractivity contribution < 1.29 is 0 Å². The van der Waals surface area contributed by atoms with Crippen molar-refractivity contribution in [2.75, 3.05) is 0 Å². The minimum Gasteiger partial charge on any atom is -0.264 e. The van der Waals surface area contributed by atoms with Crippen LogP contribution in [-0.4, -0.2) is 4.98 Å². The first kappa shape index (κ1) is 11.4. The van der Waals surface area contributed by atoms with Crippen LogP contribution in [-0.2, 0) is 6.42 Å². The highest BCUT2D eigenvalue weighted by Gasteiger charge is 1.80. The molecule has 0 N–H and O–H groups in total. The van der Waals surface area contributed by atoms with Crippen molar-refractivity contribution in [1.29, 1.82) is 0 Å². The first-order chi connectivity index (χ1) is 7.33. The van der Waals surface area contributed by atoms with E-state index in [1.165, 1.54) is 11.1 Å². The van der Waals surface area contributed by atoms with Gasteiger partial charge in [-0.1, -0.05) is 43.3 Å². The Kier molecular flexibility index (Phi) is 5.16. The molecule has 0 aliphatic heterocycles. The summed E-state index contributed by atoms with van der Waals surface area (Å²) in [5.74, 6) is 0. The van der Waals surface area contributed by atoms with E-state index < -0.39 is 0 Å². The molecule has 0 bridgehead atoms. The van der Waals surface area contributed by atoms with E-state index >= 15 is 0 Å². The Morgan fingerprint density at radius 3 is 2.07 bits per heavy atom. The largest absolute Gasteiger partial charge is 0.264 e. The quantitative estimate of drug-likeness (QED) is 0.683. The van der Waals surface area contributed by atoms with Gasteiger partial charge in [0.25, 0.3) is 0 Å². The summed E-state index contributed by atoms with van der Waals surface area (Å²) in [4.78, 5) is 3.88. The van der Waals surface area contributed by atoms with Crippen LogP contribution in [0.3, 0.4) is 0 Å². The Morgan fingerprint density at radius 2 is 1.73 bits per heavy atom. The second kappa shape index (κ2) is 6.77. The van der Waals surface area contributed by atoms with Gasteiger partial charge in [-0.3, -0.25) is 4.98 Å². The number of pyridine rings is 1. The highest BCUT2D eigenvalue weighted by Crippen LogP contribution is 1.96. The molecule has 1 nitrogen and oxygen atoms in total. The van der Waals surface area contributed by atoms with E-state index in [9.17, 15) is 0 Å². The van der Waals surface area contributed by atoms with E-state index in [0.717, 1.165) is 6.42 Å². The predicted molar refractivity (Wildman–Crippen MR) is 64.8 cm³/mol. The molecule has 15 heavy (non-hydrogen) atoms. The third-order valence-electron chi connectivity index (χ3n) is 2.06. The van der Waals surface area contributed by atoms with Crippen LogP contribution in [0.1, 0.15) is 18.1 Å². The molecule has 2 aromatic rings. The van der Waals surface area contributed by atoms with Crippen molar-refractivity contribution in [3.8, 4) is 0 Å². The molecule has 2 rings (SSSR count). The average molecular weight is 199 g/mol. The minimum atomic E-state index is 1.14. The van der Waals surface area contributed by atoms with Crippen LogP contribution < -0.4 is 0 Å². The molecule has 0 aliphatic rings. The predicted octanol–water partition coefficient (Wildman–Crippen LogP) is 3.64. The first-order valence-electron chi connectivity index (χ1n) is 5.23. The molecule has 1 heterocycles. The summed E-state index contributed by atoms with van der Waals surface area (Å²) in [6.07, 6.45) is 4.74. The SMILES string of the molecule is CCc1ccccc1.Cc1cccnc1. The second-order valence-electron chi connectivity index (χ2n) is 3.37. The standard InChI is InChI=1S/C8H10.C6H7N/c1-2-8-6-4-3-5-7-8;1-6-3-2-4-7-5-6/h3-7H,2H2,1H3;2-5H,1H3. The van der Waals surface area contributed by atoms with Gasteiger partial charge in [-0.05, 0) is 30.5 Å². The number of aryl methyl sites for hydroxylation is 2. The van der Waals surface area contributed by atoms with Crippen molar-refractivity contribution in [2.24, 2.45) is 0 Å². The van der Waals surface area contributed by atoms with E-state index in [1.54, 1.807) is 6.20 Å². The summed E-state index contributed by atoms with van der Waals surface area (Å²) in [5.41, 5.74) is 2.62. The lowest BCUT2D eigenvalue weighted by Gasteiger charge is -1.89. The third kappa shape index (κ3) is 4.96. The zero-order valence-corrected chi connectivity index (χ0v) is 9.35. The van der Waals surface area contributed by atoms with E-state index in [2.05, 4.69) is 36.2 Å². The minimum absolute atomic E-state index is 1.14. The van der Waals surface area contributed by atoms with Crippen molar-refractivity contribution in [3.05, 3.63) is 66.0 Å². The van der Waals surface area contributed by atoms with Crippen LogP contribution >= 0.6 is 0 Å². The number of hydrogen-bond donors (Lipinski definition) is 0. The van der Waals surface area contributed by atoms with Crippen molar-refractivity contribution in [1.82, 2.24) is 4.98 Å². The molecular weight excluding hydrogens is 182 g/mol. The van der Waals surface area contributed by atoms with Crippen molar-refractivity contribution in [2.45, 2.75) is 20.3 Å². The smallest absolute Gasteiger partial charge is 0.0297 e. The number of nitrogens with zero attached hydrogens (tertiary/aromatic N) is 1. The molecule has 0 atom stereocenters. The van der Waals surface area contributed by atoms with E-state index in [1.807, 2.05) is 31.3 Å². The van der Waals surface area contributed by atoms with Crippen LogP contribution in [0, 0.1) is 6.92 Å². The molecule has 78 valence electrons. The lowest BCUT2D eigenvalue weighted by Crippen LogP contribution is -1.73. The van der Waals surface area contributed by atoms with Gasteiger partial charge in [0, 0.05) is 12.4 Å². The van der Waals surface area contributed by atoms with Gasteiger partial charge in [0.2, 0.25) is 0 Å². The van der Waals surface area contributed by atoms with Gasteiger partial charge in [-0.25, -0.2) is 0 Å². The molecule has 1 aromatic carbocycles. The number of hydrogen-bond acceptors (Lipinski definition) is 1. The van der Waals surface area contributed by atoms with Gasteiger partial charge in [0.15, 0.2) is 0 Å². The number of benzene rings is 1. The van der Waals surface area contributed by atoms with Crippen LogP contribution in [0.5, 0.6) is 0 Å². The summed E-state index contributed by atoms with van der Waals surface area (Å²) < 4.78 is 0. The zero-order valence-electron chi connectivity index (χ0n) is 9.35. The van der Waals surface area contributed by atoms with Crippen LogP contribution in [0.15, 0.2) is 54.9 Å². The molecule has 0 saturated heterocycles. The first-order valence-corrected chi connectivity index (χ1v) is 5.23. The Balaban J connectivity index is 0.000000151. The van der Waals surface area contributed by atoms with Gasteiger partial charge in [0.1, 0.15) is 0 Å². The normalized spacial score (nSPS) is 8.93. The molecule has 0 aliphatic carbocycles. The monoisotopic (exact) mass is 199 g/mol. The summed E-state index contributed by atoms with van der Waals surface area (Å²) in [6, 6.07) is 14.4. The number of rotatable bonds is 1. The fraction of sp³-hybridized carbons (Fsp3) is 0.214. The number of aromatic nitrogens is 1. The van der Waals surface area contributed by atoms with Crippen LogP contribution in [0.2, 0.25) is 0 Å². The maximum atomic E-state index is 3.88. The molecular formula is C14H17N. The molecule has 0 unspecified atom stereocenters. The summed E-state index contributed by atoms with van der Waals surface area (Å²) in [7, 11) is 0. The van der Waals surface area contributed by atoms with Gasteiger partial charge in [-0.15, -0.1) is 0 Å². The summed E-state index contributed by atoms with van der Waals surface area (Å²) in [6.45, 7) is 4.18. The fourth-order valence-electron chi connectivity index (χ4n) is 1.16. The van der Waals surface area contributed by atoms with Gasteiger partial charge in [-0.2, -0.15) is 0 Å². The molecule has 1 aromatic heterocycles. The molecule has 0 saturated carbocycles. The van der Waals surface area contributed by atoms with Gasteiger partial charge in [0.05, 0.1) is 0 Å². The lowest BCUT2D eigenvalue weighted by molar-refractivity contribution is 1.14. The third-order valence-corrected chi connectivity index (χ3v) is 2.06. The molecule has 0 fully saturated rings. The lowest BCUT2D eigenvalue weighted by atomic mass is 10.2. The topological polar surface area (TPSA) is 12.9 Å². The Bertz CT molecular complexity index is 354. The maximum Gasteiger partial charge on any atom is 0.0297 e. The second-order valence-corrected chi connectivity index (χ2v) is 3.37. The fourth-order valence-corrected chi connectivity index (χ4v) is 1.16. The maximum absolute atomic E-state index is 3.88. The summed E-state index contributed by atoms with van der Waals surface area (Å²) >= 11 is 0. The van der Waals surface area contributed by atoms with Gasteiger partial charge < -0.3 is 0 Å².